The van der Waals surface area contributed by atoms with Crippen molar-refractivity contribution in [3.63, 3.8) is 0 Å². The van der Waals surface area contributed by atoms with Crippen LogP contribution in [0.1, 0.15) is 12.5 Å². The highest BCUT2D eigenvalue weighted by molar-refractivity contribution is 7.92. The Balaban J connectivity index is 2.37. The molecule has 1 atom stereocenters. The summed E-state index contributed by atoms with van der Waals surface area (Å²) in [6.07, 6.45) is 0.572. The molecule has 0 amide bonds. The van der Waals surface area contributed by atoms with Crippen LogP contribution in [0.2, 0.25) is 0 Å². The van der Waals surface area contributed by atoms with Crippen LogP contribution in [0.4, 0.5) is 0 Å². The van der Waals surface area contributed by atoms with Crippen molar-refractivity contribution >= 4 is 9.84 Å². The van der Waals surface area contributed by atoms with E-state index in [0.29, 0.717) is 24.5 Å². The summed E-state index contributed by atoms with van der Waals surface area (Å²) >= 11 is 0. The first-order chi connectivity index (χ1) is 8.01. The lowest BCUT2D eigenvalue weighted by Crippen LogP contribution is -2.41. The van der Waals surface area contributed by atoms with Crippen molar-refractivity contribution in [3.8, 4) is 0 Å². The molecule has 17 heavy (non-hydrogen) atoms. The van der Waals surface area contributed by atoms with Gasteiger partial charge in [-0.2, -0.15) is 0 Å². The van der Waals surface area contributed by atoms with Gasteiger partial charge in [0.1, 0.15) is 5.25 Å². The van der Waals surface area contributed by atoms with Crippen molar-refractivity contribution in [1.29, 1.82) is 0 Å². The molecule has 0 spiro atoms. The van der Waals surface area contributed by atoms with Gasteiger partial charge in [-0.15, -0.1) is 0 Å². The molecular weight excluding hydrogens is 238 g/mol. The molecule has 2 rings (SSSR count). The van der Waals surface area contributed by atoms with Gasteiger partial charge in [-0.05, 0) is 25.0 Å². The maximum atomic E-state index is 12.3. The van der Waals surface area contributed by atoms with Crippen LogP contribution in [0, 0.1) is 0 Å². The molecule has 1 unspecified atom stereocenters. The number of hydrogen-bond acceptors (Lipinski definition) is 4. The summed E-state index contributed by atoms with van der Waals surface area (Å²) in [5.74, 6) is 0. The first-order valence-corrected chi connectivity index (χ1v) is 7.21. The molecule has 0 radical (unpaired) electrons. The Labute approximate surface area is 102 Å². The molecule has 0 aliphatic carbocycles. The predicted molar refractivity (Wildman–Crippen MR) is 65.6 cm³/mol. The van der Waals surface area contributed by atoms with E-state index in [1.54, 1.807) is 12.1 Å². The van der Waals surface area contributed by atoms with Gasteiger partial charge < -0.3 is 10.5 Å². The van der Waals surface area contributed by atoms with Crippen LogP contribution in [-0.4, -0.2) is 32.9 Å². The third kappa shape index (κ3) is 2.51. The predicted octanol–water partition coefficient (Wildman–Crippen LogP) is 0.749. The molecule has 0 saturated carbocycles. The number of ether oxygens (including phenoxy) is 1. The monoisotopic (exact) mass is 255 g/mol. The number of benzene rings is 1. The normalized spacial score (nSPS) is 18.7. The second-order valence-corrected chi connectivity index (χ2v) is 6.69. The van der Waals surface area contributed by atoms with Crippen LogP contribution in [0.25, 0.3) is 0 Å². The van der Waals surface area contributed by atoms with Crippen LogP contribution in [0.3, 0.4) is 0 Å². The van der Waals surface area contributed by atoms with Crippen molar-refractivity contribution < 1.29 is 13.2 Å². The van der Waals surface area contributed by atoms with Gasteiger partial charge in [0.15, 0.2) is 9.84 Å². The molecule has 0 aromatic heterocycles. The Hall–Kier alpha value is -0.910. The molecule has 1 saturated heterocycles. The molecule has 2 N–H and O–H groups in total. The Morgan fingerprint density at radius 3 is 2.59 bits per heavy atom. The Bertz CT molecular complexity index is 492. The van der Waals surface area contributed by atoms with Gasteiger partial charge in [-0.3, -0.25) is 0 Å². The minimum atomic E-state index is -3.26. The first kappa shape index (κ1) is 12.5. The van der Waals surface area contributed by atoms with Crippen molar-refractivity contribution in [3.05, 3.63) is 29.8 Å². The van der Waals surface area contributed by atoms with Gasteiger partial charge in [0.2, 0.25) is 0 Å². The van der Waals surface area contributed by atoms with Gasteiger partial charge >= 0.3 is 0 Å². The average molecular weight is 255 g/mol. The highest BCUT2D eigenvalue weighted by Gasteiger charge is 2.35. The summed E-state index contributed by atoms with van der Waals surface area (Å²) in [6, 6.07) is 7.02. The molecule has 4 nitrogen and oxygen atoms in total. The van der Waals surface area contributed by atoms with Crippen LogP contribution < -0.4 is 5.73 Å². The Morgan fingerprint density at radius 2 is 2.06 bits per heavy atom. The zero-order valence-electron chi connectivity index (χ0n) is 9.80. The first-order valence-electron chi connectivity index (χ1n) is 5.67. The molecule has 1 aromatic rings. The quantitative estimate of drug-likeness (QED) is 0.862. The van der Waals surface area contributed by atoms with Gasteiger partial charge in [0.25, 0.3) is 0 Å². The van der Waals surface area contributed by atoms with Crippen molar-refractivity contribution in [2.24, 2.45) is 5.73 Å². The van der Waals surface area contributed by atoms with Gasteiger partial charge in [0, 0.05) is 6.04 Å². The zero-order valence-corrected chi connectivity index (χ0v) is 10.6. The van der Waals surface area contributed by atoms with Gasteiger partial charge in [0.05, 0.1) is 18.1 Å². The van der Waals surface area contributed by atoms with E-state index in [1.807, 2.05) is 19.1 Å². The molecule has 94 valence electrons. The summed E-state index contributed by atoms with van der Waals surface area (Å²) in [7, 11) is -3.26. The fourth-order valence-corrected chi connectivity index (χ4v) is 3.56. The molecule has 1 aliphatic heterocycles. The maximum absolute atomic E-state index is 12.3. The average Bonchev–Trinajstić information content (AvgIpc) is 2.13. The molecule has 5 heteroatoms. The summed E-state index contributed by atoms with van der Waals surface area (Å²) in [5.41, 5.74) is 6.54. The third-order valence-corrected chi connectivity index (χ3v) is 5.03. The minimum absolute atomic E-state index is 0.0519. The van der Waals surface area contributed by atoms with Crippen molar-refractivity contribution in [1.82, 2.24) is 0 Å². The zero-order chi connectivity index (χ0) is 12.5. The van der Waals surface area contributed by atoms with E-state index < -0.39 is 15.1 Å². The molecule has 1 fully saturated rings. The smallest absolute Gasteiger partial charge is 0.186 e. The number of nitrogens with two attached hydrogens (primary N) is 1. The number of hydrogen-bond donors (Lipinski definition) is 1. The molecule has 0 bridgehead atoms. The molecule has 1 aromatic carbocycles. The van der Waals surface area contributed by atoms with Crippen LogP contribution in [0.5, 0.6) is 0 Å². The Kier molecular flexibility index (Phi) is 3.51. The van der Waals surface area contributed by atoms with E-state index in [0.717, 1.165) is 5.56 Å². The van der Waals surface area contributed by atoms with E-state index >= 15 is 0 Å². The fraction of sp³-hybridized carbons (Fsp3) is 0.500. The largest absolute Gasteiger partial charge is 0.379 e. The number of sulfone groups is 1. The molecular formula is C12H17NO3S. The third-order valence-electron chi connectivity index (χ3n) is 2.87. The summed E-state index contributed by atoms with van der Waals surface area (Å²) in [5, 5.41) is -0.392. The standard InChI is InChI=1S/C12H17NO3S/c1-9(13)6-10-4-2-3-5-12(10)17(14,15)11-7-16-8-11/h2-5,9,11H,6-8,13H2,1H3. The van der Waals surface area contributed by atoms with Crippen LogP contribution >= 0.6 is 0 Å². The molecule has 1 heterocycles. The molecule has 1 aliphatic rings. The van der Waals surface area contributed by atoms with E-state index in [2.05, 4.69) is 0 Å². The summed E-state index contributed by atoms with van der Waals surface area (Å²) in [4.78, 5) is 0.408. The summed E-state index contributed by atoms with van der Waals surface area (Å²) in [6.45, 7) is 2.47. The van der Waals surface area contributed by atoms with Gasteiger partial charge in [-0.1, -0.05) is 18.2 Å². The van der Waals surface area contributed by atoms with E-state index in [4.69, 9.17) is 10.5 Å². The van der Waals surface area contributed by atoms with Gasteiger partial charge in [-0.25, -0.2) is 8.42 Å². The topological polar surface area (TPSA) is 69.4 Å². The van der Waals surface area contributed by atoms with Crippen molar-refractivity contribution in [2.45, 2.75) is 29.5 Å². The van der Waals surface area contributed by atoms with E-state index in [-0.39, 0.29) is 6.04 Å². The van der Waals surface area contributed by atoms with E-state index in [1.165, 1.54) is 0 Å². The van der Waals surface area contributed by atoms with Crippen molar-refractivity contribution in [2.75, 3.05) is 13.2 Å². The van der Waals surface area contributed by atoms with E-state index in [9.17, 15) is 8.42 Å². The SMILES string of the molecule is CC(N)Cc1ccccc1S(=O)(=O)C1COC1. The maximum Gasteiger partial charge on any atom is 0.186 e. The van der Waals surface area contributed by atoms with Crippen LogP contribution in [-0.2, 0) is 21.0 Å². The number of rotatable bonds is 4. The summed E-state index contributed by atoms with van der Waals surface area (Å²) < 4.78 is 29.6. The lowest BCUT2D eigenvalue weighted by atomic mass is 10.1. The fourth-order valence-electron chi connectivity index (χ4n) is 1.87. The lowest BCUT2D eigenvalue weighted by Gasteiger charge is -2.26. The second-order valence-electron chi connectivity index (χ2n) is 4.49. The highest BCUT2D eigenvalue weighted by Crippen LogP contribution is 2.25. The van der Waals surface area contributed by atoms with Crippen LogP contribution in [0.15, 0.2) is 29.2 Å². The Morgan fingerprint density at radius 1 is 1.41 bits per heavy atom. The highest BCUT2D eigenvalue weighted by atomic mass is 32.2. The lowest BCUT2D eigenvalue weighted by molar-refractivity contribution is 0.0416. The second kappa shape index (κ2) is 4.76. The minimum Gasteiger partial charge on any atom is -0.379 e.